The van der Waals surface area contributed by atoms with E-state index in [1.54, 1.807) is 12.4 Å². The predicted octanol–water partition coefficient (Wildman–Crippen LogP) is 2.82. The molecule has 4 N–H and O–H groups in total. The van der Waals surface area contributed by atoms with E-state index in [1.807, 2.05) is 30.5 Å². The average molecular weight is 331 g/mol. The number of hydrogen-bond acceptors (Lipinski definition) is 6. The normalized spacial score (nSPS) is 10.5. The molecule has 0 aliphatic carbocycles. The second-order valence-corrected chi connectivity index (χ2v) is 4.92. The van der Waals surface area contributed by atoms with Crippen LogP contribution in [0.2, 0.25) is 0 Å². The zero-order valence-electron chi connectivity index (χ0n) is 10.3. The number of benzene rings is 1. The van der Waals surface area contributed by atoms with Gasteiger partial charge in [-0.1, -0.05) is 12.1 Å². The molecule has 0 spiro atoms. The van der Waals surface area contributed by atoms with Gasteiger partial charge in [-0.25, -0.2) is 10.8 Å². The van der Waals surface area contributed by atoms with E-state index < -0.39 is 0 Å². The number of hydrogen-bond donors (Lipinski definition) is 3. The monoisotopic (exact) mass is 330 g/mol. The number of aromatic nitrogens is 3. The zero-order valence-corrected chi connectivity index (χ0v) is 11.9. The number of fused-ring (bicyclic) bond motifs is 1. The van der Waals surface area contributed by atoms with Crippen molar-refractivity contribution in [2.24, 2.45) is 5.84 Å². The molecule has 100 valence electrons. The Morgan fingerprint density at radius 3 is 2.90 bits per heavy atom. The van der Waals surface area contributed by atoms with E-state index in [0.717, 1.165) is 20.9 Å². The minimum atomic E-state index is 0.345. The lowest BCUT2D eigenvalue weighted by molar-refractivity contribution is 1.11. The van der Waals surface area contributed by atoms with Gasteiger partial charge in [-0.3, -0.25) is 10.4 Å². The summed E-state index contributed by atoms with van der Waals surface area (Å²) in [6, 6.07) is 7.90. The first-order valence-electron chi connectivity index (χ1n) is 5.87. The number of anilines is 3. The summed E-state index contributed by atoms with van der Waals surface area (Å²) in [5, 5.41) is 5.39. The summed E-state index contributed by atoms with van der Waals surface area (Å²) >= 11 is 3.41. The highest BCUT2D eigenvalue weighted by Crippen LogP contribution is 2.28. The molecule has 3 rings (SSSR count). The van der Waals surface area contributed by atoms with Gasteiger partial charge in [0.05, 0.1) is 4.47 Å². The van der Waals surface area contributed by atoms with Crippen LogP contribution in [0.1, 0.15) is 0 Å². The van der Waals surface area contributed by atoms with Crippen LogP contribution in [0.25, 0.3) is 10.8 Å². The molecule has 3 aromatic rings. The van der Waals surface area contributed by atoms with Crippen LogP contribution in [0.5, 0.6) is 0 Å². The minimum absolute atomic E-state index is 0.345. The zero-order chi connectivity index (χ0) is 13.9. The maximum absolute atomic E-state index is 5.33. The lowest BCUT2D eigenvalue weighted by Crippen LogP contribution is -2.11. The van der Waals surface area contributed by atoms with Crippen LogP contribution in [0.3, 0.4) is 0 Å². The number of nitrogen functional groups attached to an aromatic ring is 1. The summed E-state index contributed by atoms with van der Waals surface area (Å²) in [7, 11) is 0. The Hall–Kier alpha value is -2.25. The summed E-state index contributed by atoms with van der Waals surface area (Å²) < 4.78 is 0.752. The van der Waals surface area contributed by atoms with E-state index in [0.29, 0.717) is 11.8 Å². The molecule has 6 nitrogen and oxygen atoms in total. The van der Waals surface area contributed by atoms with Crippen LogP contribution in [-0.2, 0) is 0 Å². The average Bonchev–Trinajstić information content (AvgIpc) is 2.50. The van der Waals surface area contributed by atoms with Crippen LogP contribution in [0.15, 0.2) is 47.3 Å². The van der Waals surface area contributed by atoms with Crippen molar-refractivity contribution in [3.05, 3.63) is 47.3 Å². The van der Waals surface area contributed by atoms with Crippen molar-refractivity contribution in [1.29, 1.82) is 0 Å². The molecule has 0 amide bonds. The highest BCUT2D eigenvalue weighted by molar-refractivity contribution is 9.10. The lowest BCUT2D eigenvalue weighted by Gasteiger charge is -2.11. The molecule has 0 fully saturated rings. The van der Waals surface area contributed by atoms with Gasteiger partial charge < -0.3 is 5.32 Å². The fourth-order valence-corrected chi connectivity index (χ4v) is 2.17. The summed E-state index contributed by atoms with van der Waals surface area (Å²) in [5.74, 6) is 6.31. The largest absolute Gasteiger partial charge is 0.339 e. The third-order valence-electron chi connectivity index (χ3n) is 2.81. The summed E-state index contributed by atoms with van der Waals surface area (Å²) in [6.45, 7) is 0. The maximum Gasteiger partial charge on any atom is 0.239 e. The Labute approximate surface area is 123 Å². The SMILES string of the molecule is NNc1ncc(Br)c(Nc2cccc3cnccc23)n1. The molecule has 2 aromatic heterocycles. The van der Waals surface area contributed by atoms with Crippen molar-refractivity contribution in [2.45, 2.75) is 0 Å². The van der Waals surface area contributed by atoms with Gasteiger partial charge >= 0.3 is 0 Å². The Morgan fingerprint density at radius 2 is 2.05 bits per heavy atom. The number of rotatable bonds is 3. The van der Waals surface area contributed by atoms with E-state index in [4.69, 9.17) is 5.84 Å². The number of hydrazine groups is 1. The first-order chi connectivity index (χ1) is 9.78. The van der Waals surface area contributed by atoms with Crippen molar-refractivity contribution in [3.63, 3.8) is 0 Å². The highest BCUT2D eigenvalue weighted by atomic mass is 79.9. The fraction of sp³-hybridized carbons (Fsp3) is 0. The number of nitrogens with two attached hydrogens (primary N) is 1. The minimum Gasteiger partial charge on any atom is -0.339 e. The molecule has 0 radical (unpaired) electrons. The van der Waals surface area contributed by atoms with Gasteiger partial charge in [-0.2, -0.15) is 4.98 Å². The lowest BCUT2D eigenvalue weighted by atomic mass is 10.1. The molecule has 20 heavy (non-hydrogen) atoms. The van der Waals surface area contributed by atoms with Crippen LogP contribution in [-0.4, -0.2) is 15.0 Å². The molecule has 0 bridgehead atoms. The molecule has 0 saturated carbocycles. The molecule has 0 saturated heterocycles. The van der Waals surface area contributed by atoms with Crippen molar-refractivity contribution in [3.8, 4) is 0 Å². The standard InChI is InChI=1S/C13H11BrN6/c14-10-7-17-13(20-15)19-12(10)18-11-3-1-2-8-6-16-5-4-9(8)11/h1-7H,15H2,(H2,17,18,19,20). The van der Waals surface area contributed by atoms with E-state index in [1.165, 1.54) is 0 Å². The van der Waals surface area contributed by atoms with Crippen molar-refractivity contribution >= 4 is 44.2 Å². The Kier molecular flexibility index (Phi) is 3.44. The molecule has 0 unspecified atom stereocenters. The first kappa shape index (κ1) is 12.8. The van der Waals surface area contributed by atoms with E-state index in [9.17, 15) is 0 Å². The van der Waals surface area contributed by atoms with Gasteiger partial charge in [-0.05, 0) is 28.1 Å². The van der Waals surface area contributed by atoms with Gasteiger partial charge in [0, 0.05) is 35.1 Å². The van der Waals surface area contributed by atoms with Crippen LogP contribution in [0, 0.1) is 0 Å². The Bertz CT molecular complexity index is 755. The van der Waals surface area contributed by atoms with Gasteiger partial charge in [0.2, 0.25) is 5.95 Å². The summed E-state index contributed by atoms with van der Waals surface area (Å²) in [5.41, 5.74) is 3.36. The van der Waals surface area contributed by atoms with Crippen LogP contribution < -0.4 is 16.6 Å². The Balaban J connectivity index is 2.05. The van der Waals surface area contributed by atoms with E-state index in [-0.39, 0.29) is 0 Å². The number of nitrogens with zero attached hydrogens (tertiary/aromatic N) is 3. The number of pyridine rings is 1. The Morgan fingerprint density at radius 1 is 1.15 bits per heavy atom. The molecular formula is C13H11BrN6. The molecule has 0 aliphatic rings. The molecule has 0 atom stereocenters. The molecule has 7 heteroatoms. The topological polar surface area (TPSA) is 88.8 Å². The summed E-state index contributed by atoms with van der Waals surface area (Å²) in [6.07, 6.45) is 5.22. The molecule has 0 aliphatic heterocycles. The van der Waals surface area contributed by atoms with Gasteiger partial charge in [0.25, 0.3) is 0 Å². The maximum atomic E-state index is 5.33. The number of halogens is 1. The van der Waals surface area contributed by atoms with Crippen molar-refractivity contribution in [1.82, 2.24) is 15.0 Å². The molecule has 1 aromatic carbocycles. The molecule has 2 heterocycles. The van der Waals surface area contributed by atoms with Gasteiger partial charge in [0.1, 0.15) is 5.82 Å². The van der Waals surface area contributed by atoms with Gasteiger partial charge in [-0.15, -0.1) is 0 Å². The molecular weight excluding hydrogens is 320 g/mol. The van der Waals surface area contributed by atoms with Crippen LogP contribution in [0.4, 0.5) is 17.5 Å². The van der Waals surface area contributed by atoms with Gasteiger partial charge in [0.15, 0.2) is 0 Å². The smallest absolute Gasteiger partial charge is 0.239 e. The fourth-order valence-electron chi connectivity index (χ4n) is 1.88. The summed E-state index contributed by atoms with van der Waals surface area (Å²) in [4.78, 5) is 12.4. The quantitative estimate of drug-likeness (QED) is 0.505. The van der Waals surface area contributed by atoms with Crippen molar-refractivity contribution in [2.75, 3.05) is 10.7 Å². The number of nitrogens with one attached hydrogen (secondary N) is 2. The second-order valence-electron chi connectivity index (χ2n) is 4.06. The van der Waals surface area contributed by atoms with E-state index in [2.05, 4.69) is 41.6 Å². The third-order valence-corrected chi connectivity index (χ3v) is 3.39. The van der Waals surface area contributed by atoms with E-state index >= 15 is 0 Å². The van der Waals surface area contributed by atoms with Crippen molar-refractivity contribution < 1.29 is 0 Å². The first-order valence-corrected chi connectivity index (χ1v) is 6.66. The van der Waals surface area contributed by atoms with Crippen LogP contribution >= 0.6 is 15.9 Å². The predicted molar refractivity (Wildman–Crippen MR) is 82.6 cm³/mol. The second kappa shape index (κ2) is 5.40. The third kappa shape index (κ3) is 2.40. The highest BCUT2D eigenvalue weighted by Gasteiger charge is 2.07.